The van der Waals surface area contributed by atoms with E-state index in [1.165, 1.54) is 0 Å². The fraction of sp³-hybridized carbons (Fsp3) is 1.00. The Balaban J connectivity index is 2.11. The summed E-state index contributed by atoms with van der Waals surface area (Å²) < 4.78 is 11.6. The molecular weight excluding hydrogens is 83.0 g/mol. The van der Waals surface area contributed by atoms with Crippen LogP contribution < -0.4 is 0 Å². The van der Waals surface area contributed by atoms with Crippen molar-refractivity contribution in [2.45, 2.75) is 0 Å². The number of nitrogens with zero attached hydrogens (tertiary/aromatic N) is 2. The Morgan fingerprint density at radius 3 is 2.00 bits per heavy atom. The smallest absolute Gasteiger partial charge is 0.0830 e. The molecule has 1 rings (SSSR count). The molecule has 0 aromatic carbocycles. The first-order valence-electron chi connectivity index (χ1n) is 1.88. The number of hydrogen-bond acceptors (Lipinski definition) is 2. The molecule has 0 saturated carbocycles. The molecule has 0 atom stereocenters. The lowest BCUT2D eigenvalue weighted by molar-refractivity contribution is -0.146. The molecule has 0 aliphatic carbocycles. The summed E-state index contributed by atoms with van der Waals surface area (Å²) >= 11 is 0. The van der Waals surface area contributed by atoms with E-state index in [9.17, 15) is 4.48 Å². The molecule has 0 bridgehead atoms. The second-order valence-electron chi connectivity index (χ2n) is 1.60. The summed E-state index contributed by atoms with van der Waals surface area (Å²) in [7, 11) is 1.87. The van der Waals surface area contributed by atoms with Crippen LogP contribution in [0.4, 0.5) is 4.48 Å². The number of halogens is 1. The molecular formula is C3H7FN2. The van der Waals surface area contributed by atoms with Gasteiger partial charge in [0.2, 0.25) is 0 Å². The highest BCUT2D eigenvalue weighted by molar-refractivity contribution is 4.53. The molecule has 0 amide bonds. The molecule has 0 unspecified atom stereocenters. The highest BCUT2D eigenvalue weighted by Gasteiger charge is 2.17. The van der Waals surface area contributed by atoms with Crippen molar-refractivity contribution in [3.63, 3.8) is 0 Å². The van der Waals surface area contributed by atoms with Crippen molar-refractivity contribution in [1.29, 1.82) is 0 Å². The van der Waals surface area contributed by atoms with Gasteiger partial charge in [-0.05, 0) is 7.05 Å². The van der Waals surface area contributed by atoms with Gasteiger partial charge < -0.3 is 0 Å². The molecule has 36 valence electrons. The Morgan fingerprint density at radius 1 is 1.50 bits per heavy atom. The Labute approximate surface area is 36.1 Å². The van der Waals surface area contributed by atoms with Crippen LogP contribution in [-0.4, -0.2) is 30.4 Å². The van der Waals surface area contributed by atoms with Gasteiger partial charge in [-0.25, -0.2) is 0 Å². The van der Waals surface area contributed by atoms with E-state index in [4.69, 9.17) is 0 Å². The van der Waals surface area contributed by atoms with Crippen LogP contribution in [0.2, 0.25) is 0 Å². The summed E-state index contributed by atoms with van der Waals surface area (Å²) in [4.78, 5) is 1.88. The largest absolute Gasteiger partial charge is 0.276 e. The lowest BCUT2D eigenvalue weighted by Crippen LogP contribution is -2.47. The molecule has 0 N–H and O–H groups in total. The van der Waals surface area contributed by atoms with E-state index < -0.39 is 0 Å². The van der Waals surface area contributed by atoms with Crippen molar-refractivity contribution >= 4 is 0 Å². The molecule has 1 saturated heterocycles. The zero-order valence-electron chi connectivity index (χ0n) is 3.69. The normalized spacial score (nSPS) is 27.0. The van der Waals surface area contributed by atoms with Gasteiger partial charge in [0.05, 0.1) is 13.3 Å². The van der Waals surface area contributed by atoms with Gasteiger partial charge in [0, 0.05) is 0 Å². The van der Waals surface area contributed by atoms with Gasteiger partial charge in [-0.15, -0.1) is 9.60 Å². The average Bonchev–Trinajstić information content (AvgIpc) is 1.33. The fourth-order valence-corrected chi connectivity index (χ4v) is 0.482. The monoisotopic (exact) mass is 90.1 g/mol. The van der Waals surface area contributed by atoms with Crippen LogP contribution in [-0.2, 0) is 0 Å². The van der Waals surface area contributed by atoms with Crippen molar-refractivity contribution < 1.29 is 4.48 Å². The van der Waals surface area contributed by atoms with Crippen LogP contribution in [0.15, 0.2) is 0 Å². The van der Waals surface area contributed by atoms with Crippen molar-refractivity contribution in [2.24, 2.45) is 0 Å². The van der Waals surface area contributed by atoms with Crippen LogP contribution in [0.3, 0.4) is 0 Å². The molecule has 3 heteroatoms. The van der Waals surface area contributed by atoms with Gasteiger partial charge >= 0.3 is 0 Å². The molecule has 1 aliphatic rings. The van der Waals surface area contributed by atoms with E-state index in [0.29, 0.717) is 13.3 Å². The Bertz CT molecular complexity index is 44.8. The first kappa shape index (κ1) is 4.02. The van der Waals surface area contributed by atoms with E-state index >= 15 is 0 Å². The third kappa shape index (κ3) is 0.507. The predicted molar refractivity (Wildman–Crippen MR) is 20.4 cm³/mol. The van der Waals surface area contributed by atoms with Gasteiger partial charge in [0.25, 0.3) is 0 Å². The minimum absolute atomic E-state index is 0.472. The lowest BCUT2D eigenvalue weighted by atomic mass is 10.6. The molecule has 1 fully saturated rings. The first-order chi connectivity index (χ1) is 2.79. The topological polar surface area (TPSA) is 6.48 Å². The van der Waals surface area contributed by atoms with Crippen molar-refractivity contribution in [1.82, 2.24) is 10.0 Å². The van der Waals surface area contributed by atoms with E-state index in [-0.39, 0.29) is 0 Å². The zero-order valence-corrected chi connectivity index (χ0v) is 3.69. The molecule has 1 aliphatic heterocycles. The summed E-state index contributed by atoms with van der Waals surface area (Å²) in [5.41, 5.74) is 0. The molecule has 0 radical (unpaired) electrons. The summed E-state index contributed by atoms with van der Waals surface area (Å²) in [6.45, 7) is 0.944. The minimum atomic E-state index is 0.472. The maximum absolute atomic E-state index is 11.6. The minimum Gasteiger partial charge on any atom is -0.276 e. The summed E-state index contributed by atoms with van der Waals surface area (Å²) in [5.74, 6) is 0. The van der Waals surface area contributed by atoms with Crippen LogP contribution in [0.25, 0.3) is 0 Å². The molecule has 1 heterocycles. The Kier molecular flexibility index (Phi) is 0.782. The van der Waals surface area contributed by atoms with Gasteiger partial charge in [-0.2, -0.15) is 0 Å². The molecule has 0 aromatic rings. The first-order valence-corrected chi connectivity index (χ1v) is 1.88. The van der Waals surface area contributed by atoms with Crippen molar-refractivity contribution in [2.75, 3.05) is 20.4 Å². The van der Waals surface area contributed by atoms with Crippen LogP contribution in [0.5, 0.6) is 0 Å². The lowest BCUT2D eigenvalue weighted by Gasteiger charge is -2.31. The predicted octanol–water partition coefficient (Wildman–Crippen LogP) is 0.0333. The number of hydrogen-bond donors (Lipinski definition) is 0. The van der Waals surface area contributed by atoms with Gasteiger partial charge in [-0.3, -0.25) is 4.90 Å². The standard InChI is InChI=1S/C3H7FN2/c1-5-2-6(4)3-5/h2-3H2,1H3. The fourth-order valence-electron chi connectivity index (χ4n) is 0.482. The van der Waals surface area contributed by atoms with E-state index in [1.54, 1.807) is 0 Å². The number of rotatable bonds is 0. The van der Waals surface area contributed by atoms with Crippen LogP contribution in [0, 0.1) is 0 Å². The quantitative estimate of drug-likeness (QED) is 0.387. The zero-order chi connectivity index (χ0) is 4.57. The maximum Gasteiger partial charge on any atom is 0.0830 e. The maximum atomic E-state index is 11.6. The molecule has 6 heavy (non-hydrogen) atoms. The summed E-state index contributed by atoms with van der Waals surface area (Å²) in [6.07, 6.45) is 0. The van der Waals surface area contributed by atoms with Gasteiger partial charge in [-0.1, -0.05) is 0 Å². The Morgan fingerprint density at radius 2 is 2.00 bits per heavy atom. The van der Waals surface area contributed by atoms with Crippen molar-refractivity contribution in [3.8, 4) is 0 Å². The summed E-state index contributed by atoms with van der Waals surface area (Å²) in [5, 5.41) is 0.750. The summed E-state index contributed by atoms with van der Waals surface area (Å²) in [6, 6.07) is 0. The third-order valence-corrected chi connectivity index (χ3v) is 0.790. The van der Waals surface area contributed by atoms with Crippen LogP contribution in [0.1, 0.15) is 0 Å². The van der Waals surface area contributed by atoms with Gasteiger partial charge in [0.1, 0.15) is 0 Å². The SMILES string of the molecule is CN1CN(F)C1. The van der Waals surface area contributed by atoms with E-state index in [1.807, 2.05) is 11.9 Å². The highest BCUT2D eigenvalue weighted by Crippen LogP contribution is 2.02. The van der Waals surface area contributed by atoms with Crippen molar-refractivity contribution in [3.05, 3.63) is 0 Å². The second-order valence-corrected chi connectivity index (χ2v) is 1.60. The highest BCUT2D eigenvalue weighted by atomic mass is 19.2. The van der Waals surface area contributed by atoms with Gasteiger partial charge in [0.15, 0.2) is 0 Å². The molecule has 0 aromatic heterocycles. The van der Waals surface area contributed by atoms with E-state index in [0.717, 1.165) is 5.12 Å². The van der Waals surface area contributed by atoms with Crippen LogP contribution >= 0.6 is 0 Å². The average molecular weight is 90.1 g/mol. The third-order valence-electron chi connectivity index (χ3n) is 0.790. The van der Waals surface area contributed by atoms with E-state index in [2.05, 4.69) is 0 Å². The Hall–Kier alpha value is -0.150. The molecule has 0 spiro atoms. The second kappa shape index (κ2) is 1.17. The molecule has 2 nitrogen and oxygen atoms in total.